The predicted molar refractivity (Wildman–Crippen MR) is 125 cm³/mol. The van der Waals surface area contributed by atoms with Crippen molar-refractivity contribution in [1.82, 2.24) is 14.5 Å². The van der Waals surface area contributed by atoms with Crippen LogP contribution in [-0.4, -0.2) is 61.8 Å². The number of amides is 3. The molecule has 4 aliphatic carbocycles. The van der Waals surface area contributed by atoms with E-state index in [-0.39, 0.29) is 36.0 Å². The maximum absolute atomic E-state index is 13.0. The molecule has 1 aliphatic heterocycles. The molecule has 1 aromatic rings. The molecule has 1 aromatic carbocycles. The van der Waals surface area contributed by atoms with Crippen molar-refractivity contribution in [3.8, 4) is 0 Å². The van der Waals surface area contributed by atoms with Crippen LogP contribution in [0.4, 0.5) is 10.5 Å². The van der Waals surface area contributed by atoms with Crippen LogP contribution in [0.25, 0.3) is 0 Å². The van der Waals surface area contributed by atoms with Crippen LogP contribution in [0.3, 0.4) is 0 Å². The largest absolute Gasteiger partial charge is 0.335 e. The number of benzene rings is 1. The van der Waals surface area contributed by atoms with E-state index in [4.69, 9.17) is 0 Å². The molecular formula is C24H32N4O4S. The molecule has 0 unspecified atom stereocenters. The Morgan fingerprint density at radius 2 is 1.48 bits per heavy atom. The van der Waals surface area contributed by atoms with Crippen molar-refractivity contribution in [2.75, 3.05) is 31.5 Å². The Balaban J connectivity index is 1.16. The van der Waals surface area contributed by atoms with Gasteiger partial charge in [-0.2, -0.15) is 4.31 Å². The number of piperazine rings is 1. The molecule has 8 nitrogen and oxygen atoms in total. The van der Waals surface area contributed by atoms with E-state index in [0.717, 1.165) is 17.9 Å². The Morgan fingerprint density at radius 1 is 0.909 bits per heavy atom. The van der Waals surface area contributed by atoms with Gasteiger partial charge in [0.05, 0.1) is 4.90 Å². The van der Waals surface area contributed by atoms with Gasteiger partial charge < -0.3 is 15.5 Å². The summed E-state index contributed by atoms with van der Waals surface area (Å²) >= 11 is 0. The maximum atomic E-state index is 13.0. The molecule has 6 rings (SSSR count). The Labute approximate surface area is 195 Å². The van der Waals surface area contributed by atoms with Crippen molar-refractivity contribution in [3.05, 3.63) is 36.9 Å². The SMILES string of the molecule is C=CC(=O)Nc1ccc(S(=O)(=O)N2CCN(C(=O)NC3C4CC5CC(C4)CC3C5)CC2)cc1. The van der Waals surface area contributed by atoms with Gasteiger partial charge in [-0.1, -0.05) is 6.58 Å². The third-order valence-electron chi connectivity index (χ3n) is 7.99. The fraction of sp³-hybridized carbons (Fsp3) is 0.583. The summed E-state index contributed by atoms with van der Waals surface area (Å²) in [6.45, 7) is 4.70. The number of hydrogen-bond donors (Lipinski definition) is 2. The molecule has 5 aliphatic rings. The lowest BCUT2D eigenvalue weighted by molar-refractivity contribution is -0.111. The van der Waals surface area contributed by atoms with Gasteiger partial charge in [-0.25, -0.2) is 13.2 Å². The Morgan fingerprint density at radius 3 is 2.03 bits per heavy atom. The molecule has 0 atom stereocenters. The quantitative estimate of drug-likeness (QED) is 0.644. The first-order valence-electron chi connectivity index (χ1n) is 11.9. The highest BCUT2D eigenvalue weighted by molar-refractivity contribution is 7.89. The van der Waals surface area contributed by atoms with Gasteiger partial charge in [0, 0.05) is 37.9 Å². The van der Waals surface area contributed by atoms with Crippen molar-refractivity contribution < 1.29 is 18.0 Å². The van der Waals surface area contributed by atoms with Crippen LogP contribution >= 0.6 is 0 Å². The van der Waals surface area contributed by atoms with E-state index in [9.17, 15) is 18.0 Å². The van der Waals surface area contributed by atoms with Gasteiger partial charge in [0.15, 0.2) is 0 Å². The summed E-state index contributed by atoms with van der Waals surface area (Å²) in [4.78, 5) is 26.3. The zero-order valence-electron chi connectivity index (χ0n) is 18.8. The molecule has 1 saturated heterocycles. The van der Waals surface area contributed by atoms with Crippen LogP contribution < -0.4 is 10.6 Å². The topological polar surface area (TPSA) is 98.8 Å². The van der Waals surface area contributed by atoms with Crippen molar-refractivity contribution in [1.29, 1.82) is 0 Å². The van der Waals surface area contributed by atoms with E-state index in [1.807, 2.05) is 0 Å². The molecule has 33 heavy (non-hydrogen) atoms. The molecule has 0 spiro atoms. The first-order valence-corrected chi connectivity index (χ1v) is 13.4. The first kappa shape index (κ1) is 22.4. The minimum Gasteiger partial charge on any atom is -0.335 e. The molecular weight excluding hydrogens is 440 g/mol. The van der Waals surface area contributed by atoms with E-state index in [2.05, 4.69) is 17.2 Å². The van der Waals surface area contributed by atoms with Crippen molar-refractivity contribution in [2.24, 2.45) is 23.7 Å². The summed E-state index contributed by atoms with van der Waals surface area (Å²) in [5.74, 6) is 2.61. The monoisotopic (exact) mass is 472 g/mol. The maximum Gasteiger partial charge on any atom is 0.317 e. The fourth-order valence-electron chi connectivity index (χ4n) is 6.58. The molecule has 0 radical (unpaired) electrons. The number of urea groups is 1. The van der Waals surface area contributed by atoms with Crippen LogP contribution in [0.15, 0.2) is 41.8 Å². The second kappa shape index (κ2) is 8.76. The third kappa shape index (κ3) is 4.40. The fourth-order valence-corrected chi connectivity index (χ4v) is 8.00. The minimum absolute atomic E-state index is 0.0492. The van der Waals surface area contributed by atoms with E-state index in [1.54, 1.807) is 17.0 Å². The van der Waals surface area contributed by atoms with Gasteiger partial charge in [0.2, 0.25) is 15.9 Å². The number of carbonyl (C=O) groups excluding carboxylic acids is 2. The van der Waals surface area contributed by atoms with Crippen molar-refractivity contribution in [3.63, 3.8) is 0 Å². The summed E-state index contributed by atoms with van der Waals surface area (Å²) in [5, 5.41) is 5.93. The first-order chi connectivity index (χ1) is 15.8. The second-order valence-electron chi connectivity index (χ2n) is 10.0. The van der Waals surface area contributed by atoms with E-state index in [0.29, 0.717) is 30.6 Å². The summed E-state index contributed by atoms with van der Waals surface area (Å²) in [7, 11) is -3.66. The normalized spacial score (nSPS) is 31.3. The van der Waals surface area contributed by atoms with Gasteiger partial charge >= 0.3 is 6.03 Å². The van der Waals surface area contributed by atoms with Crippen LogP contribution in [0.5, 0.6) is 0 Å². The van der Waals surface area contributed by atoms with Crippen molar-refractivity contribution in [2.45, 2.75) is 43.0 Å². The number of nitrogens with one attached hydrogen (secondary N) is 2. The predicted octanol–water partition coefficient (Wildman–Crippen LogP) is 2.65. The smallest absolute Gasteiger partial charge is 0.317 e. The number of carbonyl (C=O) groups is 2. The summed E-state index contributed by atoms with van der Waals surface area (Å²) < 4.78 is 27.5. The summed E-state index contributed by atoms with van der Waals surface area (Å²) in [6, 6.07) is 6.32. The Bertz CT molecular complexity index is 1000. The van der Waals surface area contributed by atoms with E-state index < -0.39 is 10.0 Å². The summed E-state index contributed by atoms with van der Waals surface area (Å²) in [5.41, 5.74) is 0.505. The van der Waals surface area contributed by atoms with Gasteiger partial charge in [0.25, 0.3) is 0 Å². The Kier molecular flexibility index (Phi) is 5.95. The molecule has 0 aromatic heterocycles. The van der Waals surface area contributed by atoms with Gasteiger partial charge in [-0.3, -0.25) is 4.79 Å². The lowest BCUT2D eigenvalue weighted by atomic mass is 9.54. The second-order valence-corrected chi connectivity index (χ2v) is 12.0. The highest BCUT2D eigenvalue weighted by atomic mass is 32.2. The molecule has 1 heterocycles. The zero-order valence-corrected chi connectivity index (χ0v) is 19.6. The van der Waals surface area contributed by atoms with Crippen LogP contribution in [0.1, 0.15) is 32.1 Å². The Hall–Kier alpha value is -2.39. The van der Waals surface area contributed by atoms with Crippen LogP contribution in [0.2, 0.25) is 0 Å². The summed E-state index contributed by atoms with van der Waals surface area (Å²) in [6.07, 6.45) is 7.54. The van der Waals surface area contributed by atoms with Gasteiger partial charge in [-0.15, -0.1) is 0 Å². The third-order valence-corrected chi connectivity index (χ3v) is 9.90. The molecule has 3 amide bonds. The van der Waals surface area contributed by atoms with Gasteiger partial charge in [-0.05, 0) is 86.1 Å². The lowest BCUT2D eigenvalue weighted by Crippen LogP contribution is -2.60. The minimum atomic E-state index is -3.66. The number of anilines is 1. The number of nitrogens with zero attached hydrogens (tertiary/aromatic N) is 2. The van der Waals surface area contributed by atoms with E-state index in [1.165, 1.54) is 48.5 Å². The molecule has 4 saturated carbocycles. The highest BCUT2D eigenvalue weighted by Crippen LogP contribution is 2.53. The average Bonchev–Trinajstić information content (AvgIpc) is 2.81. The van der Waals surface area contributed by atoms with Crippen LogP contribution in [-0.2, 0) is 14.8 Å². The van der Waals surface area contributed by atoms with E-state index >= 15 is 0 Å². The molecule has 2 N–H and O–H groups in total. The number of sulfonamides is 1. The highest BCUT2D eigenvalue weighted by Gasteiger charge is 2.49. The van der Waals surface area contributed by atoms with Crippen LogP contribution in [0, 0.1) is 23.7 Å². The molecule has 9 heteroatoms. The molecule has 4 bridgehead atoms. The molecule has 5 fully saturated rings. The number of hydrogen-bond acceptors (Lipinski definition) is 4. The standard InChI is InChI=1S/C24H32N4O4S/c1-2-22(29)25-20-3-5-21(6-4-20)33(31,32)28-9-7-27(8-10-28)24(30)26-23-18-12-16-11-17(14-18)15-19(23)13-16/h2-6,16-19,23H,1,7-15H2,(H,25,29)(H,26,30). The number of rotatable bonds is 5. The lowest BCUT2D eigenvalue weighted by Gasteiger charge is -2.54. The zero-order chi connectivity index (χ0) is 23.2. The van der Waals surface area contributed by atoms with Gasteiger partial charge in [0.1, 0.15) is 0 Å². The average molecular weight is 473 g/mol. The van der Waals surface area contributed by atoms with Crippen molar-refractivity contribution >= 4 is 27.6 Å². The molecule has 178 valence electrons.